The summed E-state index contributed by atoms with van der Waals surface area (Å²) >= 11 is 18.4. The van der Waals surface area contributed by atoms with Crippen molar-refractivity contribution in [1.29, 1.82) is 0 Å². The molecule has 4 heteroatoms. The van der Waals surface area contributed by atoms with Crippen LogP contribution in [0.1, 0.15) is 39.7 Å². The zero-order chi connectivity index (χ0) is 15.3. The Morgan fingerprint density at radius 2 is 1.65 bits per heavy atom. The van der Waals surface area contributed by atoms with Crippen molar-refractivity contribution >= 4 is 34.8 Å². The molecule has 20 heavy (non-hydrogen) atoms. The third-order valence-corrected chi connectivity index (χ3v) is 4.21. The second kappa shape index (κ2) is 7.89. The second-order valence-electron chi connectivity index (χ2n) is 6.54. The van der Waals surface area contributed by atoms with E-state index in [0.29, 0.717) is 21.0 Å². The highest BCUT2D eigenvalue weighted by Crippen LogP contribution is 2.32. The van der Waals surface area contributed by atoms with E-state index < -0.39 is 0 Å². The zero-order valence-corrected chi connectivity index (χ0v) is 15.0. The number of hydrogen-bond acceptors (Lipinski definition) is 1. The molecule has 0 saturated carbocycles. The van der Waals surface area contributed by atoms with Gasteiger partial charge in [-0.1, -0.05) is 62.5 Å². The van der Waals surface area contributed by atoms with Crippen LogP contribution in [0.15, 0.2) is 12.1 Å². The van der Waals surface area contributed by atoms with Gasteiger partial charge in [0.25, 0.3) is 0 Å². The van der Waals surface area contributed by atoms with Crippen molar-refractivity contribution in [3.05, 3.63) is 32.8 Å². The lowest BCUT2D eigenvalue weighted by Gasteiger charge is -2.26. The highest BCUT2D eigenvalue weighted by molar-refractivity contribution is 6.39. The predicted molar refractivity (Wildman–Crippen MR) is 91.3 cm³/mol. The fraction of sp³-hybridized carbons (Fsp3) is 0.625. The van der Waals surface area contributed by atoms with E-state index in [0.717, 1.165) is 31.5 Å². The van der Waals surface area contributed by atoms with Crippen molar-refractivity contribution in [2.45, 2.75) is 40.5 Å². The third-order valence-electron chi connectivity index (χ3n) is 3.31. The maximum Gasteiger partial charge on any atom is 0.0467 e. The standard InChI is InChI=1S/C16H24Cl3N/c1-11(2)9-20-10-16(3,4)6-5-13-14(18)7-12(17)8-15(13)19/h7-8,11,20H,5-6,9-10H2,1-4H3. The van der Waals surface area contributed by atoms with E-state index in [1.807, 2.05) is 0 Å². The van der Waals surface area contributed by atoms with Crippen molar-refractivity contribution in [3.8, 4) is 0 Å². The predicted octanol–water partition coefficient (Wildman–Crippen LogP) is 5.85. The van der Waals surface area contributed by atoms with Crippen LogP contribution in [0.25, 0.3) is 0 Å². The summed E-state index contributed by atoms with van der Waals surface area (Å²) in [6.07, 6.45) is 1.89. The van der Waals surface area contributed by atoms with Gasteiger partial charge in [0, 0.05) is 21.6 Å². The Kier molecular flexibility index (Phi) is 7.14. The molecule has 1 N–H and O–H groups in total. The summed E-state index contributed by atoms with van der Waals surface area (Å²) in [4.78, 5) is 0. The van der Waals surface area contributed by atoms with E-state index in [1.165, 1.54) is 0 Å². The molecule has 1 nitrogen and oxygen atoms in total. The minimum atomic E-state index is 0.210. The zero-order valence-electron chi connectivity index (χ0n) is 12.7. The van der Waals surface area contributed by atoms with Crippen molar-refractivity contribution < 1.29 is 0 Å². The van der Waals surface area contributed by atoms with E-state index in [2.05, 4.69) is 33.0 Å². The summed E-state index contributed by atoms with van der Waals surface area (Å²) in [7, 11) is 0. The molecule has 0 spiro atoms. The second-order valence-corrected chi connectivity index (χ2v) is 7.79. The Hall–Kier alpha value is 0.0500. The molecule has 0 aromatic heterocycles. The lowest BCUT2D eigenvalue weighted by atomic mass is 9.86. The van der Waals surface area contributed by atoms with Crippen LogP contribution in [0.2, 0.25) is 15.1 Å². The van der Waals surface area contributed by atoms with Gasteiger partial charge >= 0.3 is 0 Å². The van der Waals surface area contributed by atoms with E-state index in [4.69, 9.17) is 34.8 Å². The first-order valence-electron chi connectivity index (χ1n) is 7.05. The smallest absolute Gasteiger partial charge is 0.0467 e. The Morgan fingerprint density at radius 3 is 2.15 bits per heavy atom. The molecule has 0 fully saturated rings. The number of benzene rings is 1. The number of nitrogens with one attached hydrogen (secondary N) is 1. The Labute approximate surface area is 138 Å². The van der Waals surface area contributed by atoms with Gasteiger partial charge in [0.15, 0.2) is 0 Å². The maximum atomic E-state index is 6.23. The minimum Gasteiger partial charge on any atom is -0.316 e. The van der Waals surface area contributed by atoms with Gasteiger partial charge in [0.1, 0.15) is 0 Å². The molecular formula is C16H24Cl3N. The van der Waals surface area contributed by atoms with Gasteiger partial charge in [-0.15, -0.1) is 0 Å². The van der Waals surface area contributed by atoms with Crippen molar-refractivity contribution in [2.75, 3.05) is 13.1 Å². The molecule has 0 heterocycles. The first-order chi connectivity index (χ1) is 9.21. The van der Waals surface area contributed by atoms with Crippen LogP contribution in [0.5, 0.6) is 0 Å². The lowest BCUT2D eigenvalue weighted by Crippen LogP contribution is -2.32. The molecule has 0 aliphatic heterocycles. The van der Waals surface area contributed by atoms with E-state index in [1.54, 1.807) is 12.1 Å². The summed E-state index contributed by atoms with van der Waals surface area (Å²) in [6, 6.07) is 3.52. The molecule has 0 aliphatic carbocycles. The van der Waals surface area contributed by atoms with E-state index in [-0.39, 0.29) is 5.41 Å². The number of rotatable bonds is 7. The van der Waals surface area contributed by atoms with Crippen molar-refractivity contribution in [3.63, 3.8) is 0 Å². The summed E-state index contributed by atoms with van der Waals surface area (Å²) in [5.41, 5.74) is 1.20. The first kappa shape index (κ1) is 18.1. The molecule has 1 aromatic carbocycles. The monoisotopic (exact) mass is 335 g/mol. The van der Waals surface area contributed by atoms with Crippen LogP contribution in [-0.4, -0.2) is 13.1 Å². The molecule has 1 aromatic rings. The molecule has 1 rings (SSSR count). The molecule has 0 amide bonds. The van der Waals surface area contributed by atoms with E-state index >= 15 is 0 Å². The normalized spacial score (nSPS) is 12.2. The van der Waals surface area contributed by atoms with Gasteiger partial charge in [0.05, 0.1) is 0 Å². The van der Waals surface area contributed by atoms with Crippen LogP contribution < -0.4 is 5.32 Å². The van der Waals surface area contributed by atoms with Gasteiger partial charge in [-0.2, -0.15) is 0 Å². The molecule has 0 aliphatic rings. The van der Waals surface area contributed by atoms with E-state index in [9.17, 15) is 0 Å². The average Bonchev–Trinajstić information content (AvgIpc) is 2.26. The number of halogens is 3. The highest BCUT2D eigenvalue weighted by Gasteiger charge is 2.19. The van der Waals surface area contributed by atoms with Gasteiger partial charge in [-0.25, -0.2) is 0 Å². The SMILES string of the molecule is CC(C)CNCC(C)(C)CCc1c(Cl)cc(Cl)cc1Cl. The van der Waals surface area contributed by atoms with Crippen LogP contribution in [0.4, 0.5) is 0 Å². The summed E-state index contributed by atoms with van der Waals surface area (Å²) in [5, 5.41) is 5.42. The fourth-order valence-corrected chi connectivity index (χ4v) is 3.07. The molecule has 0 bridgehead atoms. The molecular weight excluding hydrogens is 313 g/mol. The molecule has 0 radical (unpaired) electrons. The first-order valence-corrected chi connectivity index (χ1v) is 8.19. The van der Waals surface area contributed by atoms with Crippen LogP contribution >= 0.6 is 34.8 Å². The van der Waals surface area contributed by atoms with Crippen molar-refractivity contribution in [2.24, 2.45) is 11.3 Å². The third kappa shape index (κ3) is 6.22. The molecule has 0 atom stereocenters. The fourth-order valence-electron chi connectivity index (χ4n) is 2.06. The Morgan fingerprint density at radius 1 is 1.10 bits per heavy atom. The number of hydrogen-bond donors (Lipinski definition) is 1. The van der Waals surface area contributed by atoms with Gasteiger partial charge < -0.3 is 5.32 Å². The summed E-state index contributed by atoms with van der Waals surface area (Å²) in [6.45, 7) is 11.0. The van der Waals surface area contributed by atoms with Crippen LogP contribution in [-0.2, 0) is 6.42 Å². The summed E-state index contributed by atoms with van der Waals surface area (Å²) < 4.78 is 0. The van der Waals surface area contributed by atoms with Crippen LogP contribution in [0, 0.1) is 11.3 Å². The van der Waals surface area contributed by atoms with Gasteiger partial charge in [-0.05, 0) is 48.4 Å². The van der Waals surface area contributed by atoms with Crippen LogP contribution in [0.3, 0.4) is 0 Å². The Bertz CT molecular complexity index is 418. The Balaban J connectivity index is 2.57. The lowest BCUT2D eigenvalue weighted by molar-refractivity contribution is 0.308. The average molecular weight is 337 g/mol. The topological polar surface area (TPSA) is 12.0 Å². The largest absolute Gasteiger partial charge is 0.316 e. The maximum absolute atomic E-state index is 6.23. The molecule has 114 valence electrons. The van der Waals surface area contributed by atoms with Gasteiger partial charge in [0.2, 0.25) is 0 Å². The van der Waals surface area contributed by atoms with Crippen molar-refractivity contribution in [1.82, 2.24) is 5.32 Å². The molecule has 0 unspecified atom stereocenters. The highest BCUT2D eigenvalue weighted by atomic mass is 35.5. The minimum absolute atomic E-state index is 0.210. The van der Waals surface area contributed by atoms with Gasteiger partial charge in [-0.3, -0.25) is 0 Å². The summed E-state index contributed by atoms with van der Waals surface area (Å²) in [5.74, 6) is 0.672. The quantitative estimate of drug-likeness (QED) is 0.658. The molecule has 0 saturated heterocycles.